The first-order valence-electron chi connectivity index (χ1n) is 10.7. The van der Waals surface area contributed by atoms with E-state index in [1.165, 1.54) is 4.90 Å². The van der Waals surface area contributed by atoms with Crippen LogP contribution in [0.5, 0.6) is 11.5 Å². The van der Waals surface area contributed by atoms with E-state index in [4.69, 9.17) is 9.47 Å². The van der Waals surface area contributed by atoms with Gasteiger partial charge in [-0.25, -0.2) is 0 Å². The van der Waals surface area contributed by atoms with E-state index in [0.29, 0.717) is 28.3 Å². The van der Waals surface area contributed by atoms with Crippen LogP contribution in [0.4, 0.5) is 5.69 Å². The Labute approximate surface area is 193 Å². The molecule has 6 nitrogen and oxygen atoms in total. The molecule has 1 amide bonds. The predicted octanol–water partition coefficient (Wildman–Crippen LogP) is 4.33. The highest BCUT2D eigenvalue weighted by molar-refractivity contribution is 6.11. The van der Waals surface area contributed by atoms with Crippen molar-refractivity contribution < 1.29 is 24.2 Å². The van der Waals surface area contributed by atoms with Crippen molar-refractivity contribution in [3.8, 4) is 11.5 Å². The van der Waals surface area contributed by atoms with Gasteiger partial charge >= 0.3 is 0 Å². The van der Waals surface area contributed by atoms with Crippen LogP contribution in [0.2, 0.25) is 0 Å². The molecule has 0 saturated heterocycles. The molecular weight excluding hydrogens is 418 g/mol. The van der Waals surface area contributed by atoms with Gasteiger partial charge in [0.25, 0.3) is 5.91 Å². The Balaban J connectivity index is 1.67. The Hall–Kier alpha value is -3.64. The highest BCUT2D eigenvalue weighted by Gasteiger charge is 2.50. The van der Waals surface area contributed by atoms with Gasteiger partial charge in [0.1, 0.15) is 0 Å². The van der Waals surface area contributed by atoms with Gasteiger partial charge in [-0.15, -0.1) is 0 Å². The summed E-state index contributed by atoms with van der Waals surface area (Å²) in [6.07, 6.45) is -0.324. The number of hydrogen-bond donors (Lipinski definition) is 1. The minimum Gasteiger partial charge on any atom is -0.493 e. The molecule has 0 aliphatic carbocycles. The molecule has 4 rings (SSSR count). The molecule has 1 N–H and O–H groups in total. The fourth-order valence-corrected chi connectivity index (χ4v) is 4.45. The summed E-state index contributed by atoms with van der Waals surface area (Å²) in [5, 5.41) is 11.6. The summed E-state index contributed by atoms with van der Waals surface area (Å²) in [4.78, 5) is 28.2. The fourth-order valence-electron chi connectivity index (χ4n) is 4.45. The Morgan fingerprint density at radius 1 is 0.970 bits per heavy atom. The zero-order valence-corrected chi connectivity index (χ0v) is 19.2. The number of fused-ring (bicyclic) bond motifs is 1. The van der Waals surface area contributed by atoms with Crippen LogP contribution >= 0.6 is 0 Å². The third kappa shape index (κ3) is 3.98. The van der Waals surface area contributed by atoms with Gasteiger partial charge in [0.15, 0.2) is 22.9 Å². The molecule has 6 heteroatoms. The maximum absolute atomic E-state index is 13.5. The van der Waals surface area contributed by atoms with Gasteiger partial charge in [0, 0.05) is 11.1 Å². The summed E-state index contributed by atoms with van der Waals surface area (Å²) in [5.41, 5.74) is 2.29. The smallest absolute Gasteiger partial charge is 0.264 e. The van der Waals surface area contributed by atoms with Crippen LogP contribution in [0, 0.1) is 13.8 Å². The van der Waals surface area contributed by atoms with E-state index in [1.807, 2.05) is 38.1 Å². The zero-order chi connectivity index (χ0) is 23.8. The molecule has 0 fully saturated rings. The molecule has 0 bridgehead atoms. The average Bonchev–Trinajstić information content (AvgIpc) is 3.00. The second-order valence-electron chi connectivity index (χ2n) is 8.38. The van der Waals surface area contributed by atoms with Gasteiger partial charge in [-0.3, -0.25) is 9.59 Å². The number of ether oxygens (including phenoxy) is 2. The molecule has 0 aromatic heterocycles. The third-order valence-corrected chi connectivity index (χ3v) is 6.13. The molecule has 170 valence electrons. The molecule has 1 aliphatic heterocycles. The molecule has 3 aromatic carbocycles. The first kappa shape index (κ1) is 22.6. The van der Waals surface area contributed by atoms with E-state index < -0.39 is 11.5 Å². The SMILES string of the molecule is COc1ccc(CN2C(=O)[C@@](O)(CC(=O)c3ccc(C)cc3C)c3ccccc32)cc1OC. The van der Waals surface area contributed by atoms with Gasteiger partial charge < -0.3 is 19.5 Å². The number of ketones is 1. The van der Waals surface area contributed by atoms with E-state index in [0.717, 1.165) is 16.7 Å². The Morgan fingerprint density at radius 3 is 2.39 bits per heavy atom. The lowest BCUT2D eigenvalue weighted by Crippen LogP contribution is -2.41. The largest absolute Gasteiger partial charge is 0.493 e. The minimum atomic E-state index is -1.93. The number of para-hydroxylation sites is 1. The number of nitrogens with zero attached hydrogens (tertiary/aromatic N) is 1. The maximum atomic E-state index is 13.5. The average molecular weight is 446 g/mol. The molecule has 0 saturated carbocycles. The zero-order valence-electron chi connectivity index (χ0n) is 19.2. The quantitative estimate of drug-likeness (QED) is 0.548. The summed E-state index contributed by atoms with van der Waals surface area (Å²) in [5.74, 6) is 0.350. The van der Waals surface area contributed by atoms with Crippen molar-refractivity contribution >= 4 is 17.4 Å². The van der Waals surface area contributed by atoms with Crippen molar-refractivity contribution in [1.82, 2.24) is 0 Å². The first-order valence-corrected chi connectivity index (χ1v) is 10.7. The van der Waals surface area contributed by atoms with Crippen molar-refractivity contribution in [2.75, 3.05) is 19.1 Å². The highest BCUT2D eigenvalue weighted by Crippen LogP contribution is 2.44. The Morgan fingerprint density at radius 2 is 1.70 bits per heavy atom. The van der Waals surface area contributed by atoms with E-state index in [1.54, 1.807) is 50.6 Å². The highest BCUT2D eigenvalue weighted by atomic mass is 16.5. The number of amides is 1. The second-order valence-corrected chi connectivity index (χ2v) is 8.38. The minimum absolute atomic E-state index is 0.219. The molecule has 33 heavy (non-hydrogen) atoms. The molecule has 3 aromatic rings. The van der Waals surface area contributed by atoms with E-state index in [2.05, 4.69) is 0 Å². The third-order valence-electron chi connectivity index (χ3n) is 6.13. The summed E-state index contributed by atoms with van der Waals surface area (Å²) in [7, 11) is 3.11. The molecular formula is C27H27NO5. The lowest BCUT2D eigenvalue weighted by molar-refractivity contribution is -0.136. The number of aliphatic hydroxyl groups is 1. The van der Waals surface area contributed by atoms with E-state index >= 15 is 0 Å². The summed E-state index contributed by atoms with van der Waals surface area (Å²) < 4.78 is 10.7. The number of hydrogen-bond acceptors (Lipinski definition) is 5. The van der Waals surface area contributed by atoms with Crippen LogP contribution in [-0.2, 0) is 16.9 Å². The number of methoxy groups -OCH3 is 2. The topological polar surface area (TPSA) is 76.1 Å². The molecule has 0 spiro atoms. The number of rotatable bonds is 7. The van der Waals surface area contributed by atoms with Crippen LogP contribution in [0.1, 0.15) is 39.0 Å². The van der Waals surface area contributed by atoms with Crippen LogP contribution < -0.4 is 14.4 Å². The molecule has 0 unspecified atom stereocenters. The van der Waals surface area contributed by atoms with Crippen molar-refractivity contribution in [3.05, 3.63) is 88.5 Å². The van der Waals surface area contributed by atoms with Crippen molar-refractivity contribution in [1.29, 1.82) is 0 Å². The van der Waals surface area contributed by atoms with Crippen molar-refractivity contribution in [2.24, 2.45) is 0 Å². The van der Waals surface area contributed by atoms with Crippen LogP contribution in [0.25, 0.3) is 0 Å². The lowest BCUT2D eigenvalue weighted by atomic mass is 9.87. The summed E-state index contributed by atoms with van der Waals surface area (Å²) >= 11 is 0. The van der Waals surface area contributed by atoms with Crippen LogP contribution in [0.15, 0.2) is 60.7 Å². The molecule has 1 atom stereocenters. The van der Waals surface area contributed by atoms with Gasteiger partial charge in [0.05, 0.1) is 32.9 Å². The Bertz CT molecular complexity index is 1230. The summed E-state index contributed by atoms with van der Waals surface area (Å²) in [6.45, 7) is 4.03. The summed E-state index contributed by atoms with van der Waals surface area (Å²) in [6, 6.07) is 18.0. The number of carbonyl (C=O) groups excluding carboxylic acids is 2. The van der Waals surface area contributed by atoms with Gasteiger partial charge in [0.2, 0.25) is 0 Å². The number of carbonyl (C=O) groups is 2. The van der Waals surface area contributed by atoms with Gasteiger partial charge in [-0.1, -0.05) is 48.0 Å². The van der Waals surface area contributed by atoms with Gasteiger partial charge in [-0.2, -0.15) is 0 Å². The van der Waals surface area contributed by atoms with Crippen LogP contribution in [-0.4, -0.2) is 31.0 Å². The standard InChI is InChI=1S/C27H27NO5/c1-17-9-11-20(18(2)13-17)23(29)15-27(31)21-7-5-6-8-22(21)28(26(27)30)16-19-10-12-24(32-3)25(14-19)33-4/h5-14,31H,15-16H2,1-4H3/t27-/m1/s1. The lowest BCUT2D eigenvalue weighted by Gasteiger charge is -2.23. The Kier molecular flexibility index (Phi) is 5.95. The monoisotopic (exact) mass is 445 g/mol. The number of anilines is 1. The van der Waals surface area contributed by atoms with E-state index in [9.17, 15) is 14.7 Å². The number of aryl methyl sites for hydroxylation is 2. The second kappa shape index (κ2) is 8.71. The van der Waals surface area contributed by atoms with Crippen molar-refractivity contribution in [3.63, 3.8) is 0 Å². The van der Waals surface area contributed by atoms with Crippen molar-refractivity contribution in [2.45, 2.75) is 32.4 Å². The molecule has 0 radical (unpaired) electrons. The first-order chi connectivity index (χ1) is 15.8. The fraction of sp³-hybridized carbons (Fsp3) is 0.259. The number of Topliss-reactive ketones (excluding diaryl/α,β-unsaturated/α-hetero) is 1. The normalized spacial score (nSPS) is 17.1. The molecule has 1 heterocycles. The van der Waals surface area contributed by atoms with Crippen LogP contribution in [0.3, 0.4) is 0 Å². The number of benzene rings is 3. The van der Waals surface area contributed by atoms with Gasteiger partial charge in [-0.05, 0) is 43.2 Å². The van der Waals surface area contributed by atoms with E-state index in [-0.39, 0.29) is 18.7 Å². The molecule has 1 aliphatic rings. The maximum Gasteiger partial charge on any atom is 0.264 e. The predicted molar refractivity (Wildman–Crippen MR) is 126 cm³/mol.